The van der Waals surface area contributed by atoms with Crippen molar-refractivity contribution in [2.75, 3.05) is 0 Å². The molecule has 0 aromatic carbocycles. The summed E-state index contributed by atoms with van der Waals surface area (Å²) < 4.78 is 0. The number of rotatable bonds is 0. The predicted octanol–water partition coefficient (Wildman–Crippen LogP) is 2.69. The van der Waals surface area contributed by atoms with Crippen LogP contribution in [0, 0.1) is 11.8 Å². The molecule has 1 unspecified atom stereocenters. The molecule has 0 fully saturated rings. The molecular formula is C10H12. The second-order valence-electron chi connectivity index (χ2n) is 3.02. The quantitative estimate of drug-likeness (QED) is 0.444. The van der Waals surface area contributed by atoms with Crippen LogP contribution in [0.2, 0.25) is 0 Å². The smallest absolute Gasteiger partial charge is 0.00127 e. The monoisotopic (exact) mass is 132 g/mol. The summed E-state index contributed by atoms with van der Waals surface area (Å²) in [5, 5.41) is 0. The zero-order valence-electron chi connectivity index (χ0n) is 6.03. The number of hydrogen-bond donors (Lipinski definition) is 0. The maximum absolute atomic E-state index is 2.33. The van der Waals surface area contributed by atoms with Gasteiger partial charge in [-0.1, -0.05) is 36.5 Å². The minimum atomic E-state index is 0.707. The van der Waals surface area contributed by atoms with Crippen molar-refractivity contribution >= 4 is 0 Å². The van der Waals surface area contributed by atoms with Gasteiger partial charge in [0.05, 0.1) is 0 Å². The van der Waals surface area contributed by atoms with Gasteiger partial charge >= 0.3 is 0 Å². The predicted molar refractivity (Wildman–Crippen MR) is 43.6 cm³/mol. The average Bonchev–Trinajstić information content (AvgIpc) is 2.05. The summed E-state index contributed by atoms with van der Waals surface area (Å²) in [4.78, 5) is 0. The standard InChI is InChI=1S/C10H12/c1-2-6-10-8-4-3-7-9(10)5-1/h1-3,5-7,9-10H,4,8H2/t9?,10-/m0/s1. The summed E-state index contributed by atoms with van der Waals surface area (Å²) in [5.41, 5.74) is 0. The van der Waals surface area contributed by atoms with Crippen LogP contribution in [0.4, 0.5) is 0 Å². The lowest BCUT2D eigenvalue weighted by molar-refractivity contribution is 0.492. The van der Waals surface area contributed by atoms with Gasteiger partial charge < -0.3 is 0 Å². The second-order valence-corrected chi connectivity index (χ2v) is 3.02. The molecule has 0 bridgehead atoms. The summed E-state index contributed by atoms with van der Waals surface area (Å²) in [6, 6.07) is 0. The first-order valence-electron chi connectivity index (χ1n) is 3.98. The van der Waals surface area contributed by atoms with Crippen LogP contribution in [0.1, 0.15) is 12.8 Å². The summed E-state index contributed by atoms with van der Waals surface area (Å²) in [6.45, 7) is 0. The molecule has 0 radical (unpaired) electrons. The summed E-state index contributed by atoms with van der Waals surface area (Å²) in [7, 11) is 0. The third-order valence-corrected chi connectivity index (χ3v) is 2.32. The molecule has 2 atom stereocenters. The Hall–Kier alpha value is -0.780. The summed E-state index contributed by atoms with van der Waals surface area (Å²) in [5.74, 6) is 1.51. The van der Waals surface area contributed by atoms with E-state index in [4.69, 9.17) is 0 Å². The lowest BCUT2D eigenvalue weighted by Crippen LogP contribution is -2.12. The summed E-state index contributed by atoms with van der Waals surface area (Å²) >= 11 is 0. The zero-order chi connectivity index (χ0) is 6.81. The van der Waals surface area contributed by atoms with Gasteiger partial charge in [0.15, 0.2) is 0 Å². The first-order chi connectivity index (χ1) is 4.97. The SMILES string of the molecule is C1=CC2C=CCC[C@@H]2C=C1. The van der Waals surface area contributed by atoms with Crippen LogP contribution in [0.5, 0.6) is 0 Å². The fraction of sp³-hybridized carbons (Fsp3) is 0.400. The van der Waals surface area contributed by atoms with Gasteiger partial charge in [-0.3, -0.25) is 0 Å². The molecule has 0 amide bonds. The Labute approximate surface area is 61.9 Å². The maximum Gasteiger partial charge on any atom is 0.00127 e. The molecule has 0 saturated carbocycles. The Morgan fingerprint density at radius 2 is 1.90 bits per heavy atom. The fourth-order valence-electron chi connectivity index (χ4n) is 1.71. The van der Waals surface area contributed by atoms with Crippen LogP contribution in [0.15, 0.2) is 36.5 Å². The van der Waals surface area contributed by atoms with Gasteiger partial charge in [0.2, 0.25) is 0 Å². The molecule has 2 rings (SSSR count). The van der Waals surface area contributed by atoms with Crippen LogP contribution in [-0.4, -0.2) is 0 Å². The molecule has 0 N–H and O–H groups in total. The van der Waals surface area contributed by atoms with Crippen molar-refractivity contribution in [2.24, 2.45) is 11.8 Å². The van der Waals surface area contributed by atoms with Crippen LogP contribution < -0.4 is 0 Å². The third kappa shape index (κ3) is 0.942. The number of hydrogen-bond acceptors (Lipinski definition) is 0. The fourth-order valence-corrected chi connectivity index (χ4v) is 1.71. The van der Waals surface area contributed by atoms with Crippen molar-refractivity contribution < 1.29 is 0 Å². The third-order valence-electron chi connectivity index (χ3n) is 2.32. The molecule has 0 aliphatic heterocycles. The molecule has 0 aromatic rings. The van der Waals surface area contributed by atoms with Crippen molar-refractivity contribution in [1.82, 2.24) is 0 Å². The molecule has 2 aliphatic carbocycles. The van der Waals surface area contributed by atoms with Crippen molar-refractivity contribution in [1.29, 1.82) is 0 Å². The maximum atomic E-state index is 2.33. The highest BCUT2D eigenvalue weighted by atomic mass is 14.2. The minimum absolute atomic E-state index is 0.707. The number of allylic oxidation sites excluding steroid dienone is 6. The van der Waals surface area contributed by atoms with Gasteiger partial charge in [0.25, 0.3) is 0 Å². The van der Waals surface area contributed by atoms with E-state index in [1.54, 1.807) is 0 Å². The van der Waals surface area contributed by atoms with E-state index in [2.05, 4.69) is 36.5 Å². The molecule has 10 heavy (non-hydrogen) atoms. The van der Waals surface area contributed by atoms with E-state index in [0.717, 1.165) is 5.92 Å². The van der Waals surface area contributed by atoms with Crippen LogP contribution in [-0.2, 0) is 0 Å². The first-order valence-corrected chi connectivity index (χ1v) is 3.98. The largest absolute Gasteiger partial charge is 0.0879 e. The zero-order valence-corrected chi connectivity index (χ0v) is 6.03. The Morgan fingerprint density at radius 1 is 1.00 bits per heavy atom. The van der Waals surface area contributed by atoms with E-state index in [1.165, 1.54) is 12.8 Å². The van der Waals surface area contributed by atoms with Crippen LogP contribution in [0.3, 0.4) is 0 Å². The lowest BCUT2D eigenvalue weighted by atomic mass is 9.81. The second kappa shape index (κ2) is 2.45. The molecule has 52 valence electrons. The molecular weight excluding hydrogens is 120 g/mol. The highest BCUT2D eigenvalue weighted by molar-refractivity contribution is 5.20. The topological polar surface area (TPSA) is 0 Å². The molecule has 0 saturated heterocycles. The van der Waals surface area contributed by atoms with E-state index in [0.29, 0.717) is 5.92 Å². The van der Waals surface area contributed by atoms with Crippen LogP contribution in [0.25, 0.3) is 0 Å². The number of fused-ring (bicyclic) bond motifs is 1. The van der Waals surface area contributed by atoms with Crippen molar-refractivity contribution in [2.45, 2.75) is 12.8 Å². The van der Waals surface area contributed by atoms with E-state index in [1.807, 2.05) is 0 Å². The Kier molecular flexibility index (Phi) is 1.46. The van der Waals surface area contributed by atoms with Gasteiger partial charge in [0, 0.05) is 5.92 Å². The highest BCUT2D eigenvalue weighted by Gasteiger charge is 2.17. The van der Waals surface area contributed by atoms with Gasteiger partial charge in [-0.05, 0) is 18.8 Å². The van der Waals surface area contributed by atoms with Gasteiger partial charge in [-0.15, -0.1) is 0 Å². The van der Waals surface area contributed by atoms with E-state index in [-0.39, 0.29) is 0 Å². The molecule has 0 spiro atoms. The lowest BCUT2D eigenvalue weighted by Gasteiger charge is -2.23. The van der Waals surface area contributed by atoms with Gasteiger partial charge in [-0.2, -0.15) is 0 Å². The molecule has 2 aliphatic rings. The van der Waals surface area contributed by atoms with E-state index >= 15 is 0 Å². The average molecular weight is 132 g/mol. The van der Waals surface area contributed by atoms with E-state index in [9.17, 15) is 0 Å². The summed E-state index contributed by atoms with van der Waals surface area (Å²) in [6.07, 6.45) is 16.2. The molecule has 0 heteroatoms. The van der Waals surface area contributed by atoms with Crippen molar-refractivity contribution in [3.8, 4) is 0 Å². The van der Waals surface area contributed by atoms with Crippen molar-refractivity contribution in [3.63, 3.8) is 0 Å². The highest BCUT2D eigenvalue weighted by Crippen LogP contribution is 2.28. The van der Waals surface area contributed by atoms with Crippen LogP contribution >= 0.6 is 0 Å². The molecule has 0 aromatic heterocycles. The minimum Gasteiger partial charge on any atom is -0.0879 e. The Bertz CT molecular complexity index is 196. The van der Waals surface area contributed by atoms with Gasteiger partial charge in [0.1, 0.15) is 0 Å². The molecule has 0 nitrogen and oxygen atoms in total. The van der Waals surface area contributed by atoms with Gasteiger partial charge in [-0.25, -0.2) is 0 Å². The van der Waals surface area contributed by atoms with E-state index < -0.39 is 0 Å². The Balaban J connectivity index is 2.21. The molecule has 0 heterocycles. The van der Waals surface area contributed by atoms with Crippen molar-refractivity contribution in [3.05, 3.63) is 36.5 Å². The Morgan fingerprint density at radius 3 is 2.80 bits per heavy atom. The normalized spacial score (nSPS) is 36.0. The first kappa shape index (κ1) is 5.96.